The Morgan fingerprint density at radius 2 is 1.91 bits per heavy atom. The van der Waals surface area contributed by atoms with E-state index in [-0.39, 0.29) is 0 Å². The molecule has 1 aliphatic heterocycles. The van der Waals surface area contributed by atoms with Gasteiger partial charge in [-0.3, -0.25) is 0 Å². The number of piperidine rings is 1. The van der Waals surface area contributed by atoms with Gasteiger partial charge in [0, 0.05) is 24.9 Å². The van der Waals surface area contributed by atoms with E-state index in [1.165, 1.54) is 5.56 Å². The number of nitrogens with one attached hydrogen (secondary N) is 1. The van der Waals surface area contributed by atoms with Crippen LogP contribution < -0.4 is 14.8 Å². The molecule has 5 heteroatoms. The molecule has 0 bridgehead atoms. The lowest BCUT2D eigenvalue weighted by Gasteiger charge is -2.32. The van der Waals surface area contributed by atoms with Crippen LogP contribution in [0.3, 0.4) is 0 Å². The zero-order valence-corrected chi connectivity index (χ0v) is 12.7. The van der Waals surface area contributed by atoms with Gasteiger partial charge in [-0.05, 0) is 24.4 Å². The summed E-state index contributed by atoms with van der Waals surface area (Å²) < 4.78 is 11.1. The summed E-state index contributed by atoms with van der Waals surface area (Å²) in [6, 6.07) is 10.7. The van der Waals surface area contributed by atoms with Crippen molar-refractivity contribution in [3.05, 3.63) is 48.3 Å². The minimum atomic E-state index is 0.405. The second kappa shape index (κ2) is 7.22. The van der Waals surface area contributed by atoms with Gasteiger partial charge in [-0.15, -0.1) is 0 Å². The minimum Gasteiger partial charge on any atom is -0.477 e. The van der Waals surface area contributed by atoms with Crippen LogP contribution in [0, 0.1) is 5.92 Å². The molecule has 1 aliphatic rings. The van der Waals surface area contributed by atoms with Gasteiger partial charge < -0.3 is 14.8 Å². The van der Waals surface area contributed by atoms with Gasteiger partial charge in [0.25, 0.3) is 11.8 Å². The Kier molecular flexibility index (Phi) is 4.85. The lowest BCUT2D eigenvalue weighted by atomic mass is 9.81. The molecule has 2 aromatic rings. The molecule has 1 aromatic carbocycles. The molecule has 1 aromatic heterocycles. The highest BCUT2D eigenvalue weighted by atomic mass is 16.5. The predicted octanol–water partition coefficient (Wildman–Crippen LogP) is 2.26. The van der Waals surface area contributed by atoms with Gasteiger partial charge in [-0.1, -0.05) is 30.3 Å². The van der Waals surface area contributed by atoms with E-state index in [0.29, 0.717) is 30.2 Å². The maximum absolute atomic E-state index is 5.88. The minimum absolute atomic E-state index is 0.405. The van der Waals surface area contributed by atoms with Crippen LogP contribution in [0.15, 0.2) is 42.7 Å². The summed E-state index contributed by atoms with van der Waals surface area (Å²) in [5.74, 6) is 1.80. The van der Waals surface area contributed by atoms with Crippen molar-refractivity contribution in [1.82, 2.24) is 15.3 Å². The van der Waals surface area contributed by atoms with Crippen LogP contribution in [0.1, 0.15) is 17.9 Å². The van der Waals surface area contributed by atoms with E-state index in [2.05, 4.69) is 45.6 Å². The van der Waals surface area contributed by atoms with Crippen molar-refractivity contribution in [2.75, 3.05) is 26.8 Å². The number of rotatable bonds is 5. The molecule has 2 atom stereocenters. The Hall–Kier alpha value is -2.14. The van der Waals surface area contributed by atoms with Gasteiger partial charge in [0.2, 0.25) is 0 Å². The van der Waals surface area contributed by atoms with E-state index in [4.69, 9.17) is 9.47 Å². The zero-order valence-electron chi connectivity index (χ0n) is 12.7. The highest BCUT2D eigenvalue weighted by Crippen LogP contribution is 2.31. The summed E-state index contributed by atoms with van der Waals surface area (Å²) in [5, 5.41) is 3.45. The maximum Gasteiger partial charge on any atom is 0.278 e. The Morgan fingerprint density at radius 1 is 1.14 bits per heavy atom. The third-order valence-electron chi connectivity index (χ3n) is 4.10. The smallest absolute Gasteiger partial charge is 0.278 e. The quantitative estimate of drug-likeness (QED) is 0.918. The largest absolute Gasteiger partial charge is 0.477 e. The van der Waals surface area contributed by atoms with E-state index in [1.807, 2.05) is 0 Å². The van der Waals surface area contributed by atoms with Crippen LogP contribution in [0.5, 0.6) is 11.8 Å². The number of ether oxygens (including phenoxy) is 2. The maximum atomic E-state index is 5.88. The average Bonchev–Trinajstić information content (AvgIpc) is 2.61. The summed E-state index contributed by atoms with van der Waals surface area (Å²) in [7, 11) is 1.58. The van der Waals surface area contributed by atoms with Gasteiger partial charge in [0.1, 0.15) is 0 Å². The number of hydrogen-bond acceptors (Lipinski definition) is 5. The molecule has 1 N–H and O–H groups in total. The average molecular weight is 299 g/mol. The van der Waals surface area contributed by atoms with Gasteiger partial charge in [-0.25, -0.2) is 9.97 Å². The molecule has 2 unspecified atom stereocenters. The predicted molar refractivity (Wildman–Crippen MR) is 84.2 cm³/mol. The molecule has 0 saturated carbocycles. The molecule has 0 aliphatic carbocycles. The van der Waals surface area contributed by atoms with Gasteiger partial charge in [-0.2, -0.15) is 0 Å². The Balaban J connectivity index is 1.69. The van der Waals surface area contributed by atoms with Crippen LogP contribution in [0.25, 0.3) is 0 Å². The number of aromatic nitrogens is 2. The molecule has 0 spiro atoms. The molecule has 0 radical (unpaired) electrons. The van der Waals surface area contributed by atoms with Crippen LogP contribution in [0.2, 0.25) is 0 Å². The number of hydrogen-bond donors (Lipinski definition) is 1. The van der Waals surface area contributed by atoms with E-state index >= 15 is 0 Å². The molecule has 1 saturated heterocycles. The summed E-state index contributed by atoms with van der Waals surface area (Å²) in [5.41, 5.74) is 1.38. The first-order valence-electron chi connectivity index (χ1n) is 7.62. The van der Waals surface area contributed by atoms with Gasteiger partial charge in [0.15, 0.2) is 0 Å². The summed E-state index contributed by atoms with van der Waals surface area (Å²) in [6.07, 6.45) is 4.34. The van der Waals surface area contributed by atoms with Crippen molar-refractivity contribution in [3.8, 4) is 11.8 Å². The van der Waals surface area contributed by atoms with E-state index in [9.17, 15) is 0 Å². The Morgan fingerprint density at radius 3 is 2.68 bits per heavy atom. The molecule has 3 rings (SSSR count). The molecule has 116 valence electrons. The number of methoxy groups -OCH3 is 1. The van der Waals surface area contributed by atoms with E-state index in [1.54, 1.807) is 19.5 Å². The van der Waals surface area contributed by atoms with Crippen molar-refractivity contribution in [2.24, 2.45) is 5.92 Å². The van der Waals surface area contributed by atoms with Crippen molar-refractivity contribution in [2.45, 2.75) is 12.3 Å². The zero-order chi connectivity index (χ0) is 15.2. The van der Waals surface area contributed by atoms with Crippen molar-refractivity contribution < 1.29 is 9.47 Å². The highest BCUT2D eigenvalue weighted by Gasteiger charge is 2.27. The van der Waals surface area contributed by atoms with E-state index in [0.717, 1.165) is 19.5 Å². The van der Waals surface area contributed by atoms with Crippen molar-refractivity contribution in [1.29, 1.82) is 0 Å². The lowest BCUT2D eigenvalue weighted by molar-refractivity contribution is 0.184. The lowest BCUT2D eigenvalue weighted by Crippen LogP contribution is -2.38. The van der Waals surface area contributed by atoms with Crippen molar-refractivity contribution in [3.63, 3.8) is 0 Å². The number of benzene rings is 1. The van der Waals surface area contributed by atoms with Gasteiger partial charge >= 0.3 is 0 Å². The molecular weight excluding hydrogens is 278 g/mol. The van der Waals surface area contributed by atoms with Crippen molar-refractivity contribution >= 4 is 0 Å². The Bertz CT molecular complexity index is 591. The molecule has 1 fully saturated rings. The van der Waals surface area contributed by atoms with E-state index < -0.39 is 0 Å². The summed E-state index contributed by atoms with van der Waals surface area (Å²) >= 11 is 0. The molecular formula is C17H21N3O2. The fourth-order valence-electron chi connectivity index (χ4n) is 2.97. The molecule has 2 heterocycles. The first kappa shape index (κ1) is 14.8. The van der Waals surface area contributed by atoms with Crippen LogP contribution in [0.4, 0.5) is 0 Å². The fraction of sp³-hybridized carbons (Fsp3) is 0.412. The Labute approximate surface area is 130 Å². The van der Waals surface area contributed by atoms with Crippen LogP contribution >= 0.6 is 0 Å². The standard InChI is InChI=1S/C17H21N3O2/c1-21-16-17(20-10-9-19-16)22-12-14-11-18-8-7-15(14)13-5-3-2-4-6-13/h2-6,9-10,14-15,18H,7-8,11-12H2,1H3. The topological polar surface area (TPSA) is 56.3 Å². The summed E-state index contributed by atoms with van der Waals surface area (Å²) in [4.78, 5) is 8.31. The third-order valence-corrected chi connectivity index (χ3v) is 4.10. The summed E-state index contributed by atoms with van der Waals surface area (Å²) in [6.45, 7) is 2.59. The third kappa shape index (κ3) is 3.36. The normalized spacial score (nSPS) is 21.3. The van der Waals surface area contributed by atoms with Crippen LogP contribution in [-0.4, -0.2) is 36.8 Å². The highest BCUT2D eigenvalue weighted by molar-refractivity contribution is 5.24. The molecule has 22 heavy (non-hydrogen) atoms. The van der Waals surface area contributed by atoms with Gasteiger partial charge in [0.05, 0.1) is 13.7 Å². The monoisotopic (exact) mass is 299 g/mol. The first-order chi connectivity index (χ1) is 10.9. The van der Waals surface area contributed by atoms with Crippen LogP contribution in [-0.2, 0) is 0 Å². The first-order valence-corrected chi connectivity index (χ1v) is 7.62. The SMILES string of the molecule is COc1nccnc1OCC1CNCCC1c1ccccc1. The molecule has 0 amide bonds. The molecule has 5 nitrogen and oxygen atoms in total. The second-order valence-electron chi connectivity index (χ2n) is 5.45. The second-order valence-corrected chi connectivity index (χ2v) is 5.45. The number of nitrogens with zero attached hydrogens (tertiary/aromatic N) is 2. The fourth-order valence-corrected chi connectivity index (χ4v) is 2.97.